The van der Waals surface area contributed by atoms with Gasteiger partial charge < -0.3 is 10.2 Å². The van der Waals surface area contributed by atoms with Gasteiger partial charge in [-0.25, -0.2) is 0 Å². The molecule has 4 nitrogen and oxygen atoms in total. The molecule has 3 rings (SSSR count). The minimum absolute atomic E-state index is 0.122. The molecule has 0 spiro atoms. The van der Waals surface area contributed by atoms with Crippen molar-refractivity contribution in [2.45, 2.75) is 39.0 Å². The molecule has 130 valence electrons. The van der Waals surface area contributed by atoms with Crippen molar-refractivity contribution < 1.29 is 9.59 Å². The second-order valence-corrected chi connectivity index (χ2v) is 7.37. The number of nitrogens with one attached hydrogen (secondary N) is 1. The van der Waals surface area contributed by atoms with Crippen molar-refractivity contribution in [1.29, 1.82) is 0 Å². The maximum Gasteiger partial charge on any atom is 0.224 e. The van der Waals surface area contributed by atoms with E-state index < -0.39 is 0 Å². The minimum Gasteiger partial charge on any atom is -0.355 e. The Labute approximate surface area is 144 Å². The largest absolute Gasteiger partial charge is 0.355 e. The summed E-state index contributed by atoms with van der Waals surface area (Å²) in [6.07, 6.45) is 4.68. The highest BCUT2D eigenvalue weighted by Gasteiger charge is 2.38. The van der Waals surface area contributed by atoms with E-state index in [1.54, 1.807) is 0 Å². The summed E-state index contributed by atoms with van der Waals surface area (Å²) in [5.74, 6) is 1.68. The Balaban J connectivity index is 1.33. The number of piperidine rings is 1. The van der Waals surface area contributed by atoms with Gasteiger partial charge in [0.2, 0.25) is 11.8 Å². The van der Waals surface area contributed by atoms with E-state index in [0.29, 0.717) is 24.8 Å². The molecule has 1 aliphatic carbocycles. The monoisotopic (exact) mass is 328 g/mol. The van der Waals surface area contributed by atoms with E-state index in [1.807, 2.05) is 11.0 Å². The maximum absolute atomic E-state index is 12.3. The smallest absolute Gasteiger partial charge is 0.224 e. The van der Waals surface area contributed by atoms with Crippen molar-refractivity contribution in [3.63, 3.8) is 0 Å². The molecule has 4 heteroatoms. The summed E-state index contributed by atoms with van der Waals surface area (Å²) in [4.78, 5) is 26.0. The Morgan fingerprint density at radius 1 is 1.17 bits per heavy atom. The average molecular weight is 328 g/mol. The standard InChI is InChI=1S/C20H28N2O2/c1-15-13-18(15)20(24)21-10-7-19(23)22-11-8-17(9-12-22)14-16-5-3-2-4-6-16/h2-6,15,17-18H,7-14H2,1H3,(H,21,24)/t15-,18-/m0/s1. The first kappa shape index (κ1) is 17.0. The molecule has 0 aromatic heterocycles. The molecule has 0 bridgehead atoms. The van der Waals surface area contributed by atoms with Crippen LogP contribution in [-0.4, -0.2) is 36.3 Å². The van der Waals surface area contributed by atoms with E-state index in [4.69, 9.17) is 0 Å². The highest BCUT2D eigenvalue weighted by Crippen LogP contribution is 2.37. The lowest BCUT2D eigenvalue weighted by molar-refractivity contribution is -0.132. The van der Waals surface area contributed by atoms with Crippen molar-refractivity contribution in [2.75, 3.05) is 19.6 Å². The fourth-order valence-electron chi connectivity index (χ4n) is 3.60. The van der Waals surface area contributed by atoms with Gasteiger partial charge in [0, 0.05) is 32.0 Å². The van der Waals surface area contributed by atoms with Gasteiger partial charge in [-0.2, -0.15) is 0 Å². The van der Waals surface area contributed by atoms with Crippen LogP contribution in [0.4, 0.5) is 0 Å². The third-order valence-electron chi connectivity index (χ3n) is 5.42. The zero-order chi connectivity index (χ0) is 16.9. The number of benzene rings is 1. The van der Waals surface area contributed by atoms with E-state index in [9.17, 15) is 9.59 Å². The fourth-order valence-corrected chi connectivity index (χ4v) is 3.60. The summed E-state index contributed by atoms with van der Waals surface area (Å²) >= 11 is 0. The van der Waals surface area contributed by atoms with Crippen LogP contribution in [0.15, 0.2) is 30.3 Å². The van der Waals surface area contributed by atoms with Crippen molar-refractivity contribution >= 4 is 11.8 Å². The molecule has 1 aliphatic heterocycles. The number of hydrogen-bond donors (Lipinski definition) is 1. The first-order valence-corrected chi connectivity index (χ1v) is 9.23. The van der Waals surface area contributed by atoms with Crippen LogP contribution < -0.4 is 5.32 Å². The summed E-state index contributed by atoms with van der Waals surface area (Å²) in [6.45, 7) is 4.27. The Morgan fingerprint density at radius 3 is 2.46 bits per heavy atom. The van der Waals surface area contributed by atoms with Gasteiger partial charge in [0.05, 0.1) is 0 Å². The molecular weight excluding hydrogens is 300 g/mol. The summed E-state index contributed by atoms with van der Waals surface area (Å²) in [5, 5.41) is 2.90. The van der Waals surface area contributed by atoms with E-state index in [1.165, 1.54) is 5.56 Å². The summed E-state index contributed by atoms with van der Waals surface area (Å²) < 4.78 is 0. The normalized spacial score (nSPS) is 23.8. The fraction of sp³-hybridized carbons (Fsp3) is 0.600. The molecule has 1 heterocycles. The SMILES string of the molecule is C[C@H]1C[C@@H]1C(=O)NCCC(=O)N1CCC(Cc2ccccc2)CC1. The third-order valence-corrected chi connectivity index (χ3v) is 5.42. The Bertz CT molecular complexity index is 564. The molecule has 24 heavy (non-hydrogen) atoms. The Morgan fingerprint density at radius 2 is 1.83 bits per heavy atom. The van der Waals surface area contributed by atoms with Crippen LogP contribution in [0.2, 0.25) is 0 Å². The van der Waals surface area contributed by atoms with Crippen LogP contribution in [0.25, 0.3) is 0 Å². The topological polar surface area (TPSA) is 49.4 Å². The van der Waals surface area contributed by atoms with Gasteiger partial charge in [-0.05, 0) is 43.1 Å². The molecule has 1 saturated carbocycles. The Hall–Kier alpha value is -1.84. The Kier molecular flexibility index (Phi) is 5.54. The van der Waals surface area contributed by atoms with Gasteiger partial charge in [0.1, 0.15) is 0 Å². The predicted octanol–water partition coefficient (Wildman–Crippen LogP) is 2.63. The molecule has 1 N–H and O–H groups in total. The van der Waals surface area contributed by atoms with Gasteiger partial charge in [-0.15, -0.1) is 0 Å². The predicted molar refractivity (Wildman–Crippen MR) is 94.3 cm³/mol. The summed E-state index contributed by atoms with van der Waals surface area (Å²) in [7, 11) is 0. The van der Waals surface area contributed by atoms with Crippen molar-refractivity contribution in [2.24, 2.45) is 17.8 Å². The van der Waals surface area contributed by atoms with Crippen molar-refractivity contribution in [3.05, 3.63) is 35.9 Å². The lowest BCUT2D eigenvalue weighted by Crippen LogP contribution is -2.40. The molecule has 2 aliphatic rings. The van der Waals surface area contributed by atoms with Crippen LogP contribution in [-0.2, 0) is 16.0 Å². The number of carbonyl (C=O) groups is 2. The van der Waals surface area contributed by atoms with Crippen LogP contribution in [0, 0.1) is 17.8 Å². The van der Waals surface area contributed by atoms with E-state index in [-0.39, 0.29) is 17.7 Å². The number of amides is 2. The van der Waals surface area contributed by atoms with Crippen LogP contribution in [0.3, 0.4) is 0 Å². The molecule has 1 aromatic rings. The van der Waals surface area contributed by atoms with Gasteiger partial charge in [0.15, 0.2) is 0 Å². The van der Waals surface area contributed by atoms with Crippen molar-refractivity contribution in [1.82, 2.24) is 10.2 Å². The zero-order valence-electron chi connectivity index (χ0n) is 14.5. The van der Waals surface area contributed by atoms with Gasteiger partial charge in [-0.3, -0.25) is 9.59 Å². The average Bonchev–Trinajstić information content (AvgIpc) is 3.33. The van der Waals surface area contributed by atoms with Crippen molar-refractivity contribution in [3.8, 4) is 0 Å². The molecule has 2 atom stereocenters. The molecule has 1 aromatic carbocycles. The highest BCUT2D eigenvalue weighted by molar-refractivity contribution is 5.82. The molecule has 1 saturated heterocycles. The lowest BCUT2D eigenvalue weighted by atomic mass is 9.90. The molecule has 0 unspecified atom stereocenters. The second-order valence-electron chi connectivity index (χ2n) is 7.37. The van der Waals surface area contributed by atoms with Crippen LogP contribution in [0.5, 0.6) is 0 Å². The van der Waals surface area contributed by atoms with Gasteiger partial charge in [0.25, 0.3) is 0 Å². The molecular formula is C20H28N2O2. The highest BCUT2D eigenvalue weighted by atomic mass is 16.2. The van der Waals surface area contributed by atoms with Gasteiger partial charge in [-0.1, -0.05) is 37.3 Å². The van der Waals surface area contributed by atoms with Crippen LogP contribution >= 0.6 is 0 Å². The number of rotatable bonds is 6. The van der Waals surface area contributed by atoms with Crippen LogP contribution in [0.1, 0.15) is 38.2 Å². The molecule has 2 fully saturated rings. The molecule has 2 amide bonds. The first-order valence-electron chi connectivity index (χ1n) is 9.23. The minimum atomic E-state index is 0.122. The molecule has 0 radical (unpaired) electrons. The quantitative estimate of drug-likeness (QED) is 0.873. The van der Waals surface area contributed by atoms with E-state index in [0.717, 1.165) is 38.8 Å². The first-order chi connectivity index (χ1) is 11.6. The lowest BCUT2D eigenvalue weighted by Gasteiger charge is -2.32. The second kappa shape index (κ2) is 7.82. The van der Waals surface area contributed by atoms with Gasteiger partial charge >= 0.3 is 0 Å². The number of hydrogen-bond acceptors (Lipinski definition) is 2. The third kappa shape index (κ3) is 4.59. The number of carbonyl (C=O) groups excluding carboxylic acids is 2. The number of likely N-dealkylation sites (tertiary alicyclic amines) is 1. The van der Waals surface area contributed by atoms with E-state index in [2.05, 4.69) is 36.5 Å². The van der Waals surface area contributed by atoms with E-state index >= 15 is 0 Å². The maximum atomic E-state index is 12.3. The number of nitrogens with zero attached hydrogens (tertiary/aromatic N) is 1. The summed E-state index contributed by atoms with van der Waals surface area (Å²) in [6, 6.07) is 10.6. The summed E-state index contributed by atoms with van der Waals surface area (Å²) in [5.41, 5.74) is 1.39. The zero-order valence-corrected chi connectivity index (χ0v) is 14.5.